The van der Waals surface area contributed by atoms with E-state index in [2.05, 4.69) is 217 Å². The predicted octanol–water partition coefficient (Wildman–Crippen LogP) is 15.5. The van der Waals surface area contributed by atoms with Crippen molar-refractivity contribution in [1.82, 2.24) is 0 Å². The van der Waals surface area contributed by atoms with Crippen LogP contribution in [-0.4, -0.2) is 0 Å². The number of benzene rings is 10. The molecule has 11 rings (SSSR count). The maximum absolute atomic E-state index is 6.66. The highest BCUT2D eigenvalue weighted by Crippen LogP contribution is 2.46. The van der Waals surface area contributed by atoms with Gasteiger partial charge in [-0.15, -0.1) is 0 Å². The molecule has 0 amide bonds. The largest absolute Gasteiger partial charge is 0.455 e. The van der Waals surface area contributed by atoms with E-state index in [0.717, 1.165) is 55.5 Å². The summed E-state index contributed by atoms with van der Waals surface area (Å²) in [6.45, 7) is 0. The van der Waals surface area contributed by atoms with Crippen molar-refractivity contribution in [3.8, 4) is 33.4 Å². The fourth-order valence-corrected chi connectivity index (χ4v) is 8.64. The Hall–Kier alpha value is -7.42. The second-order valence-electron chi connectivity index (χ2n) is 14.4. The first kappa shape index (κ1) is 32.0. The minimum Gasteiger partial charge on any atom is -0.455 e. The molecule has 0 aliphatic heterocycles. The van der Waals surface area contributed by atoms with Crippen LogP contribution in [0.3, 0.4) is 0 Å². The standard InChI is InChI=1S/C54H35NO/c1-4-17-43-36(12-1)15-9-21-45(43)39-26-31-41(32-27-39)55(42-33-28-40(29-34-42)46-22-10-16-37-13-2-5-18-44(37)46)51-24-8-7-20-48(51)49-23-11-25-52-53(49)50-35-30-38-14-3-6-19-47(38)54(50)56-52/h1-35H. The molecule has 56 heavy (non-hydrogen) atoms. The minimum absolute atomic E-state index is 0.883. The lowest BCUT2D eigenvalue weighted by molar-refractivity contribution is 0.673. The van der Waals surface area contributed by atoms with Gasteiger partial charge in [-0.05, 0) is 97.2 Å². The van der Waals surface area contributed by atoms with Gasteiger partial charge in [-0.25, -0.2) is 0 Å². The molecule has 262 valence electrons. The van der Waals surface area contributed by atoms with Crippen molar-refractivity contribution in [3.63, 3.8) is 0 Å². The van der Waals surface area contributed by atoms with Gasteiger partial charge in [0.25, 0.3) is 0 Å². The molecule has 2 nitrogen and oxygen atoms in total. The maximum Gasteiger partial charge on any atom is 0.143 e. The van der Waals surface area contributed by atoms with E-state index in [-0.39, 0.29) is 0 Å². The molecule has 2 heteroatoms. The van der Waals surface area contributed by atoms with Crippen LogP contribution in [0.2, 0.25) is 0 Å². The molecule has 1 heterocycles. The van der Waals surface area contributed by atoms with Gasteiger partial charge >= 0.3 is 0 Å². The van der Waals surface area contributed by atoms with Crippen molar-refractivity contribution in [3.05, 3.63) is 212 Å². The van der Waals surface area contributed by atoms with E-state index in [9.17, 15) is 0 Å². The normalized spacial score (nSPS) is 11.6. The van der Waals surface area contributed by atoms with Crippen LogP contribution in [0.4, 0.5) is 17.1 Å². The van der Waals surface area contributed by atoms with E-state index in [1.54, 1.807) is 0 Å². The summed E-state index contributed by atoms with van der Waals surface area (Å²) in [7, 11) is 0. The molecule has 0 saturated carbocycles. The Bertz CT molecular complexity index is 3110. The van der Waals surface area contributed by atoms with Gasteiger partial charge in [0.1, 0.15) is 11.2 Å². The summed E-state index contributed by atoms with van der Waals surface area (Å²) in [5.74, 6) is 0. The van der Waals surface area contributed by atoms with Gasteiger partial charge in [-0.3, -0.25) is 0 Å². The first-order valence-corrected chi connectivity index (χ1v) is 19.2. The molecule has 0 aliphatic carbocycles. The highest BCUT2D eigenvalue weighted by Gasteiger charge is 2.21. The maximum atomic E-state index is 6.66. The van der Waals surface area contributed by atoms with Crippen molar-refractivity contribution in [1.29, 1.82) is 0 Å². The lowest BCUT2D eigenvalue weighted by atomic mass is 9.95. The van der Waals surface area contributed by atoms with Crippen LogP contribution < -0.4 is 4.90 Å². The van der Waals surface area contributed by atoms with Gasteiger partial charge in [0.15, 0.2) is 0 Å². The highest BCUT2D eigenvalue weighted by molar-refractivity contribution is 6.19. The molecule has 0 saturated heterocycles. The zero-order chi connectivity index (χ0) is 37.0. The smallest absolute Gasteiger partial charge is 0.143 e. The van der Waals surface area contributed by atoms with Crippen molar-refractivity contribution in [2.24, 2.45) is 0 Å². The SMILES string of the molecule is c1ccc(N(c2ccc(-c3cccc4ccccc34)cc2)c2ccc(-c3cccc4ccccc34)cc2)c(-c2cccc3oc4c5ccccc5ccc4c23)c1. The molecule has 11 aromatic rings. The van der Waals surface area contributed by atoms with Crippen LogP contribution in [0.15, 0.2) is 217 Å². The van der Waals surface area contributed by atoms with Crippen molar-refractivity contribution in [2.45, 2.75) is 0 Å². The predicted molar refractivity (Wildman–Crippen MR) is 237 cm³/mol. The van der Waals surface area contributed by atoms with Gasteiger partial charge in [-0.2, -0.15) is 0 Å². The molecule has 0 unspecified atom stereocenters. The van der Waals surface area contributed by atoms with Crippen molar-refractivity contribution in [2.75, 3.05) is 4.90 Å². The Morgan fingerprint density at radius 2 is 0.768 bits per heavy atom. The molecule has 0 atom stereocenters. The number of fused-ring (bicyclic) bond motifs is 7. The molecule has 0 bridgehead atoms. The average molecular weight is 714 g/mol. The van der Waals surface area contributed by atoms with Gasteiger partial charge in [0.2, 0.25) is 0 Å². The van der Waals surface area contributed by atoms with Gasteiger partial charge in [-0.1, -0.05) is 170 Å². The van der Waals surface area contributed by atoms with Crippen molar-refractivity contribution < 1.29 is 4.42 Å². The Balaban J connectivity index is 1.10. The molecule has 0 spiro atoms. The Labute approximate surface area is 325 Å². The number of furan rings is 1. The van der Waals surface area contributed by atoms with E-state index < -0.39 is 0 Å². The molecular weight excluding hydrogens is 679 g/mol. The summed E-state index contributed by atoms with van der Waals surface area (Å²) in [4.78, 5) is 2.39. The van der Waals surface area contributed by atoms with Crippen LogP contribution in [0.25, 0.3) is 87.6 Å². The summed E-state index contributed by atoms with van der Waals surface area (Å²) in [6.07, 6.45) is 0. The first-order chi connectivity index (χ1) is 27.8. The zero-order valence-corrected chi connectivity index (χ0v) is 30.6. The van der Waals surface area contributed by atoms with Gasteiger partial charge in [0.05, 0.1) is 5.69 Å². The van der Waals surface area contributed by atoms with E-state index in [1.807, 2.05) is 0 Å². The number of nitrogens with zero attached hydrogens (tertiary/aromatic N) is 1. The average Bonchev–Trinajstić information content (AvgIpc) is 3.67. The third-order valence-corrected chi connectivity index (χ3v) is 11.3. The second-order valence-corrected chi connectivity index (χ2v) is 14.4. The number of para-hydroxylation sites is 1. The lowest BCUT2D eigenvalue weighted by Crippen LogP contribution is -2.11. The van der Waals surface area contributed by atoms with E-state index in [0.29, 0.717) is 0 Å². The number of hydrogen-bond donors (Lipinski definition) is 0. The summed E-state index contributed by atoms with van der Waals surface area (Å²) >= 11 is 0. The minimum atomic E-state index is 0.883. The van der Waals surface area contributed by atoms with E-state index >= 15 is 0 Å². The topological polar surface area (TPSA) is 16.4 Å². The Morgan fingerprint density at radius 1 is 0.304 bits per heavy atom. The zero-order valence-electron chi connectivity index (χ0n) is 30.6. The monoisotopic (exact) mass is 713 g/mol. The highest BCUT2D eigenvalue weighted by atomic mass is 16.3. The fourth-order valence-electron chi connectivity index (χ4n) is 8.64. The summed E-state index contributed by atoms with van der Waals surface area (Å²) in [5, 5.41) is 9.53. The van der Waals surface area contributed by atoms with Crippen LogP contribution in [0.5, 0.6) is 0 Å². The first-order valence-electron chi connectivity index (χ1n) is 19.2. The second kappa shape index (κ2) is 13.2. The molecular formula is C54H35NO. The molecule has 1 aromatic heterocycles. The van der Waals surface area contributed by atoms with Crippen molar-refractivity contribution >= 4 is 71.3 Å². The third-order valence-electron chi connectivity index (χ3n) is 11.3. The molecule has 10 aromatic carbocycles. The van der Waals surface area contributed by atoms with E-state index in [4.69, 9.17) is 4.42 Å². The van der Waals surface area contributed by atoms with Crippen LogP contribution in [0, 0.1) is 0 Å². The summed E-state index contributed by atoms with van der Waals surface area (Å²) < 4.78 is 6.66. The number of hydrogen-bond acceptors (Lipinski definition) is 2. The fraction of sp³-hybridized carbons (Fsp3) is 0. The lowest BCUT2D eigenvalue weighted by Gasteiger charge is -2.28. The molecule has 0 N–H and O–H groups in total. The summed E-state index contributed by atoms with van der Waals surface area (Å²) in [5.41, 5.74) is 12.2. The third kappa shape index (κ3) is 5.26. The Kier molecular flexibility index (Phi) is 7.53. The van der Waals surface area contributed by atoms with Crippen LogP contribution in [-0.2, 0) is 0 Å². The Morgan fingerprint density at radius 3 is 1.39 bits per heavy atom. The molecule has 0 radical (unpaired) electrons. The van der Waals surface area contributed by atoms with Crippen LogP contribution in [0.1, 0.15) is 0 Å². The number of rotatable bonds is 6. The van der Waals surface area contributed by atoms with E-state index in [1.165, 1.54) is 49.2 Å². The van der Waals surface area contributed by atoms with Gasteiger partial charge in [0, 0.05) is 33.1 Å². The number of anilines is 3. The van der Waals surface area contributed by atoms with Gasteiger partial charge < -0.3 is 9.32 Å². The quantitative estimate of drug-likeness (QED) is 0.171. The molecule has 0 fully saturated rings. The molecule has 0 aliphatic rings. The summed E-state index contributed by atoms with van der Waals surface area (Å²) in [6, 6.07) is 76.4. The van der Waals surface area contributed by atoms with Crippen LogP contribution >= 0.6 is 0 Å².